The van der Waals surface area contributed by atoms with Gasteiger partial charge < -0.3 is 21.3 Å². The lowest BCUT2D eigenvalue weighted by Crippen LogP contribution is -2.65. The highest BCUT2D eigenvalue weighted by Gasteiger charge is 2.55. The fourth-order valence-electron chi connectivity index (χ4n) is 7.13. The van der Waals surface area contributed by atoms with Gasteiger partial charge in [0.2, 0.25) is 5.95 Å². The second-order valence-electron chi connectivity index (χ2n) is 10.9. The van der Waals surface area contributed by atoms with Crippen LogP contribution in [0.25, 0.3) is 0 Å². The van der Waals surface area contributed by atoms with E-state index in [1.54, 1.807) is 6.20 Å². The van der Waals surface area contributed by atoms with E-state index in [1.807, 2.05) is 24.3 Å². The first kappa shape index (κ1) is 22.1. The standard InChI is InChI=1S/C26H32ClN7/c27-22-4-2-1-3-17(22)11-30-25-31-12-20(10-28)24(34-25)32-15-26-7-16-5-18(8-26)23(19(6-16)9-26)33-21-13-29-14-21/h1-4,12,16,18-19,21,23,29,33H,5-9,11,13-15H2,(H2,30,31,32,34)/t16?,18-,19+,23?,26?. The van der Waals surface area contributed by atoms with Crippen molar-refractivity contribution in [2.24, 2.45) is 23.2 Å². The monoisotopic (exact) mass is 477 g/mol. The minimum Gasteiger partial charge on any atom is -0.368 e. The van der Waals surface area contributed by atoms with E-state index in [1.165, 1.54) is 32.1 Å². The minimum atomic E-state index is 0.315. The fourth-order valence-corrected chi connectivity index (χ4v) is 7.33. The third-order valence-electron chi connectivity index (χ3n) is 8.54. The number of nitrogens with zero attached hydrogens (tertiary/aromatic N) is 3. The summed E-state index contributed by atoms with van der Waals surface area (Å²) >= 11 is 6.27. The molecule has 5 aliphatic rings. The molecule has 2 aromatic rings. The molecule has 2 heterocycles. The molecular weight excluding hydrogens is 446 g/mol. The number of aromatic nitrogens is 2. The first-order valence-electron chi connectivity index (χ1n) is 12.6. The van der Waals surface area contributed by atoms with Crippen LogP contribution in [0, 0.1) is 34.5 Å². The molecular formula is C26H32ClN7. The van der Waals surface area contributed by atoms with Gasteiger partial charge in [0.1, 0.15) is 17.5 Å². The van der Waals surface area contributed by atoms with Crippen LogP contribution in [0.1, 0.15) is 43.2 Å². The zero-order valence-electron chi connectivity index (χ0n) is 19.4. The molecule has 1 aromatic carbocycles. The summed E-state index contributed by atoms with van der Waals surface area (Å²) in [7, 11) is 0. The van der Waals surface area contributed by atoms with Crippen molar-refractivity contribution in [3.63, 3.8) is 0 Å². The quantitative estimate of drug-likeness (QED) is 0.459. The van der Waals surface area contributed by atoms with Crippen LogP contribution < -0.4 is 21.3 Å². The summed E-state index contributed by atoms with van der Waals surface area (Å²) < 4.78 is 0. The molecule has 7 nitrogen and oxygen atoms in total. The van der Waals surface area contributed by atoms with Crippen molar-refractivity contribution in [3.8, 4) is 6.07 Å². The van der Waals surface area contributed by atoms with E-state index in [-0.39, 0.29) is 0 Å². The van der Waals surface area contributed by atoms with Crippen molar-refractivity contribution >= 4 is 23.4 Å². The highest BCUT2D eigenvalue weighted by Crippen LogP contribution is 2.60. The zero-order valence-corrected chi connectivity index (χ0v) is 20.1. The Balaban J connectivity index is 1.13. The molecule has 8 heteroatoms. The first-order chi connectivity index (χ1) is 16.6. The van der Waals surface area contributed by atoms with Crippen molar-refractivity contribution in [1.29, 1.82) is 5.26 Å². The molecule has 4 saturated carbocycles. The third kappa shape index (κ3) is 4.24. The molecule has 5 atom stereocenters. The Hall–Kier alpha value is -2.40. The summed E-state index contributed by atoms with van der Waals surface area (Å²) in [5.41, 5.74) is 1.79. The van der Waals surface area contributed by atoms with E-state index in [2.05, 4.69) is 37.3 Å². The van der Waals surface area contributed by atoms with Crippen LogP contribution in [0.15, 0.2) is 30.5 Å². The second-order valence-corrected chi connectivity index (χ2v) is 11.3. The Bertz CT molecular complexity index is 1080. The maximum atomic E-state index is 9.64. The van der Waals surface area contributed by atoms with Gasteiger partial charge in [0.15, 0.2) is 0 Å². The Labute approximate surface area is 206 Å². The number of halogens is 1. The summed E-state index contributed by atoms with van der Waals surface area (Å²) in [6.07, 6.45) is 8.21. The molecule has 7 rings (SSSR count). The van der Waals surface area contributed by atoms with Gasteiger partial charge >= 0.3 is 0 Å². The number of hydrogen-bond acceptors (Lipinski definition) is 7. The van der Waals surface area contributed by atoms with Gasteiger partial charge in [0.05, 0.1) is 6.20 Å². The molecule has 3 unspecified atom stereocenters. The van der Waals surface area contributed by atoms with Gasteiger partial charge in [-0.05, 0) is 66.9 Å². The lowest BCUT2D eigenvalue weighted by atomic mass is 9.48. The Morgan fingerprint density at radius 1 is 1.12 bits per heavy atom. The normalized spacial score (nSPS) is 31.6. The topological polar surface area (TPSA) is 97.7 Å². The number of anilines is 2. The predicted molar refractivity (Wildman–Crippen MR) is 134 cm³/mol. The SMILES string of the molecule is N#Cc1cnc(NCc2ccccc2Cl)nc1NCC12CC3C[C@H](C1)C(NC1CNC1)[C@@H](C3)C2. The first-order valence-corrected chi connectivity index (χ1v) is 12.9. The molecule has 0 spiro atoms. The van der Waals surface area contributed by atoms with E-state index in [0.29, 0.717) is 46.4 Å². The van der Waals surface area contributed by atoms with Gasteiger partial charge in [-0.25, -0.2) is 4.98 Å². The molecule has 0 amide bonds. The summed E-state index contributed by atoms with van der Waals surface area (Å²) in [5.74, 6) is 3.55. The van der Waals surface area contributed by atoms with E-state index < -0.39 is 0 Å². The third-order valence-corrected chi connectivity index (χ3v) is 8.91. The summed E-state index contributed by atoms with van der Waals surface area (Å²) in [4.78, 5) is 9.00. The van der Waals surface area contributed by atoms with Crippen LogP contribution in [-0.4, -0.2) is 41.7 Å². The van der Waals surface area contributed by atoms with Gasteiger partial charge in [-0.3, -0.25) is 0 Å². The molecule has 4 bridgehead atoms. The number of nitriles is 1. The van der Waals surface area contributed by atoms with E-state index >= 15 is 0 Å². The number of hydrogen-bond donors (Lipinski definition) is 4. The van der Waals surface area contributed by atoms with Crippen molar-refractivity contribution in [3.05, 3.63) is 46.6 Å². The van der Waals surface area contributed by atoms with Crippen LogP contribution in [0.3, 0.4) is 0 Å². The maximum absolute atomic E-state index is 9.64. The summed E-state index contributed by atoms with van der Waals surface area (Å²) in [6, 6.07) is 11.3. The number of benzene rings is 1. The van der Waals surface area contributed by atoms with Crippen LogP contribution in [0.4, 0.5) is 11.8 Å². The Morgan fingerprint density at radius 3 is 2.62 bits per heavy atom. The van der Waals surface area contributed by atoms with E-state index in [0.717, 1.165) is 43.0 Å². The molecule has 5 fully saturated rings. The van der Waals surface area contributed by atoms with Gasteiger partial charge in [-0.2, -0.15) is 10.2 Å². The fraction of sp³-hybridized carbons (Fsp3) is 0.577. The van der Waals surface area contributed by atoms with Crippen LogP contribution in [-0.2, 0) is 6.54 Å². The molecule has 34 heavy (non-hydrogen) atoms. The Kier molecular flexibility index (Phi) is 5.84. The largest absolute Gasteiger partial charge is 0.368 e. The maximum Gasteiger partial charge on any atom is 0.224 e. The van der Waals surface area contributed by atoms with Gasteiger partial charge in [-0.15, -0.1) is 0 Å². The number of rotatable bonds is 8. The zero-order chi connectivity index (χ0) is 23.1. The molecule has 1 saturated heterocycles. The Morgan fingerprint density at radius 2 is 1.91 bits per heavy atom. The van der Waals surface area contributed by atoms with Crippen LogP contribution in [0.2, 0.25) is 5.02 Å². The van der Waals surface area contributed by atoms with Gasteiger partial charge in [-0.1, -0.05) is 29.8 Å². The molecule has 1 aromatic heterocycles. The van der Waals surface area contributed by atoms with Crippen molar-refractivity contribution in [2.75, 3.05) is 30.3 Å². The second kappa shape index (κ2) is 8.99. The summed E-state index contributed by atoms with van der Waals surface area (Å²) in [6.45, 7) is 3.64. The van der Waals surface area contributed by atoms with Crippen molar-refractivity contribution in [2.45, 2.75) is 50.7 Å². The predicted octanol–water partition coefficient (Wildman–Crippen LogP) is 3.78. The van der Waals surface area contributed by atoms with E-state index in [4.69, 9.17) is 11.6 Å². The molecule has 1 aliphatic heterocycles. The molecule has 178 valence electrons. The van der Waals surface area contributed by atoms with Gasteiger partial charge in [0, 0.05) is 43.3 Å². The average Bonchev–Trinajstić information content (AvgIpc) is 2.80. The average molecular weight is 478 g/mol. The molecule has 0 radical (unpaired) electrons. The van der Waals surface area contributed by atoms with E-state index in [9.17, 15) is 5.26 Å². The highest BCUT2D eigenvalue weighted by atomic mass is 35.5. The van der Waals surface area contributed by atoms with Crippen LogP contribution >= 0.6 is 11.6 Å². The van der Waals surface area contributed by atoms with Crippen LogP contribution in [0.5, 0.6) is 0 Å². The lowest BCUT2D eigenvalue weighted by Gasteiger charge is -2.61. The van der Waals surface area contributed by atoms with Crippen molar-refractivity contribution in [1.82, 2.24) is 20.6 Å². The smallest absolute Gasteiger partial charge is 0.224 e. The molecule has 4 N–H and O–H groups in total. The number of nitrogens with one attached hydrogen (secondary N) is 4. The molecule has 4 aliphatic carbocycles. The van der Waals surface area contributed by atoms with Crippen molar-refractivity contribution < 1.29 is 0 Å². The lowest BCUT2D eigenvalue weighted by molar-refractivity contribution is -0.0732. The minimum absolute atomic E-state index is 0.315. The summed E-state index contributed by atoms with van der Waals surface area (Å²) in [5, 5.41) is 24.6. The van der Waals surface area contributed by atoms with Gasteiger partial charge in [0.25, 0.3) is 0 Å². The highest BCUT2D eigenvalue weighted by molar-refractivity contribution is 6.31.